The van der Waals surface area contributed by atoms with Gasteiger partial charge in [0.15, 0.2) is 8.32 Å². The number of hydrogen-bond acceptors (Lipinski definition) is 7. The minimum atomic E-state index is -2.09. The van der Waals surface area contributed by atoms with E-state index in [0.29, 0.717) is 6.61 Å². The van der Waals surface area contributed by atoms with E-state index in [4.69, 9.17) is 23.4 Å². The van der Waals surface area contributed by atoms with Crippen LogP contribution in [0.3, 0.4) is 0 Å². The van der Waals surface area contributed by atoms with E-state index in [9.17, 15) is 9.59 Å². The van der Waals surface area contributed by atoms with Crippen LogP contribution < -0.4 is 0 Å². The summed E-state index contributed by atoms with van der Waals surface area (Å²) in [6.07, 6.45) is 3.76. The van der Waals surface area contributed by atoms with Crippen LogP contribution in [0.15, 0.2) is 85.0 Å². The quantitative estimate of drug-likeness (QED) is 0.130. The summed E-state index contributed by atoms with van der Waals surface area (Å²) in [5, 5.41) is 0.0236. The molecule has 0 aliphatic heterocycles. The second-order valence-corrected chi connectivity index (χ2v) is 16.2. The SMILES string of the molecule is COC(=O)/C=C/[C@@H](OCc1ccccc1)[C@H](C)OC(=O)/C=C/[C@@H](OCc1ccccc1)[C@H](C)O[Si](C)(C)C(C)(C)C. The highest BCUT2D eigenvalue weighted by molar-refractivity contribution is 6.74. The molecule has 4 atom stereocenters. The van der Waals surface area contributed by atoms with Crippen LogP contribution in [-0.2, 0) is 46.2 Å². The van der Waals surface area contributed by atoms with Gasteiger partial charge in [-0.25, -0.2) is 9.59 Å². The van der Waals surface area contributed by atoms with Gasteiger partial charge in [0.1, 0.15) is 18.3 Å². The van der Waals surface area contributed by atoms with Crippen LogP contribution in [0.25, 0.3) is 0 Å². The van der Waals surface area contributed by atoms with Gasteiger partial charge in [0.05, 0.1) is 26.4 Å². The Morgan fingerprint density at radius 3 is 1.63 bits per heavy atom. The van der Waals surface area contributed by atoms with Crippen molar-refractivity contribution in [3.8, 4) is 0 Å². The van der Waals surface area contributed by atoms with E-state index in [1.165, 1.54) is 25.3 Å². The van der Waals surface area contributed by atoms with Crippen molar-refractivity contribution in [1.82, 2.24) is 0 Å². The third-order valence-corrected chi connectivity index (χ3v) is 11.7. The zero-order valence-corrected chi connectivity index (χ0v) is 26.7. The first-order valence-corrected chi connectivity index (χ1v) is 16.9. The maximum atomic E-state index is 12.9. The minimum Gasteiger partial charge on any atom is -0.466 e. The van der Waals surface area contributed by atoms with Crippen LogP contribution >= 0.6 is 0 Å². The maximum Gasteiger partial charge on any atom is 0.330 e. The summed E-state index contributed by atoms with van der Waals surface area (Å²) in [6, 6.07) is 19.5. The number of esters is 2. The van der Waals surface area contributed by atoms with Gasteiger partial charge in [-0.3, -0.25) is 0 Å². The van der Waals surface area contributed by atoms with Gasteiger partial charge in [-0.05, 0) is 55.3 Å². The lowest BCUT2D eigenvalue weighted by Gasteiger charge is -2.39. The summed E-state index contributed by atoms with van der Waals surface area (Å²) in [6.45, 7) is 15.3. The van der Waals surface area contributed by atoms with Crippen molar-refractivity contribution in [2.45, 2.75) is 90.4 Å². The summed E-state index contributed by atoms with van der Waals surface area (Å²) >= 11 is 0. The monoisotopic (exact) mass is 582 g/mol. The number of methoxy groups -OCH3 is 1. The predicted octanol–water partition coefficient (Wildman–Crippen LogP) is 6.78. The van der Waals surface area contributed by atoms with Crippen LogP contribution in [0.1, 0.15) is 45.7 Å². The molecule has 0 heterocycles. The number of carbonyl (C=O) groups is 2. The van der Waals surface area contributed by atoms with E-state index < -0.39 is 38.6 Å². The standard InChI is InChI=1S/C33H46O7Si/c1-25(29(19-21-31(34)36-6)37-23-27-15-11-9-12-16-27)39-32(35)22-20-30(38-24-28-17-13-10-14-18-28)26(2)40-41(7,8)33(3,4)5/h9-22,25-26,29-30H,23-24H2,1-8H3/b21-19+,22-20+/t25-,26-,29+,30+/m0/s1. The molecule has 0 aliphatic rings. The van der Waals surface area contributed by atoms with E-state index in [-0.39, 0.29) is 17.7 Å². The molecule has 0 N–H and O–H groups in total. The molecule has 0 aliphatic carbocycles. The average molecular weight is 583 g/mol. The molecule has 41 heavy (non-hydrogen) atoms. The zero-order valence-electron chi connectivity index (χ0n) is 25.7. The summed E-state index contributed by atoms with van der Waals surface area (Å²) in [5.41, 5.74) is 1.98. The van der Waals surface area contributed by atoms with Gasteiger partial charge in [0.25, 0.3) is 0 Å². The Morgan fingerprint density at radius 1 is 0.756 bits per heavy atom. The molecule has 0 fully saturated rings. The van der Waals surface area contributed by atoms with Gasteiger partial charge in [0.2, 0.25) is 0 Å². The Hall–Kier alpha value is -3.04. The number of carbonyl (C=O) groups excluding carboxylic acids is 2. The summed E-state index contributed by atoms with van der Waals surface area (Å²) in [7, 11) is -0.789. The normalized spacial score (nSPS) is 15.4. The molecule has 2 aromatic carbocycles. The molecular weight excluding hydrogens is 536 g/mol. The molecule has 0 saturated heterocycles. The summed E-state index contributed by atoms with van der Waals surface area (Å²) < 4.78 is 29.2. The third-order valence-electron chi connectivity index (χ3n) is 7.13. The second kappa shape index (κ2) is 16.4. The molecule has 0 saturated carbocycles. The molecule has 224 valence electrons. The van der Waals surface area contributed by atoms with Crippen molar-refractivity contribution in [2.24, 2.45) is 0 Å². The van der Waals surface area contributed by atoms with Gasteiger partial charge in [-0.2, -0.15) is 0 Å². The molecule has 0 bridgehead atoms. The van der Waals surface area contributed by atoms with E-state index >= 15 is 0 Å². The second-order valence-electron chi connectivity index (χ2n) is 11.5. The number of hydrogen-bond donors (Lipinski definition) is 0. The first kappa shape index (κ1) is 34.2. The Bertz CT molecular complexity index is 1120. The van der Waals surface area contributed by atoms with Crippen LogP contribution in [0, 0.1) is 0 Å². The van der Waals surface area contributed by atoms with Crippen LogP contribution in [0.2, 0.25) is 18.1 Å². The largest absolute Gasteiger partial charge is 0.466 e. The number of rotatable bonds is 15. The topological polar surface area (TPSA) is 80.3 Å². The molecule has 7 nitrogen and oxygen atoms in total. The summed E-state index contributed by atoms with van der Waals surface area (Å²) in [4.78, 5) is 24.6. The highest BCUT2D eigenvalue weighted by atomic mass is 28.4. The van der Waals surface area contributed by atoms with Crippen molar-refractivity contribution in [3.05, 3.63) is 96.1 Å². The molecule has 8 heteroatoms. The van der Waals surface area contributed by atoms with Gasteiger partial charge >= 0.3 is 11.9 Å². The van der Waals surface area contributed by atoms with E-state index in [1.807, 2.05) is 67.6 Å². The Balaban J connectivity index is 2.13. The lowest BCUT2D eigenvalue weighted by atomic mass is 10.2. The number of ether oxygens (including phenoxy) is 4. The fourth-order valence-corrected chi connectivity index (χ4v) is 5.06. The van der Waals surface area contributed by atoms with Gasteiger partial charge < -0.3 is 23.4 Å². The highest BCUT2D eigenvalue weighted by Gasteiger charge is 2.39. The molecule has 0 aromatic heterocycles. The first-order valence-electron chi connectivity index (χ1n) is 14.0. The van der Waals surface area contributed by atoms with Crippen molar-refractivity contribution in [3.63, 3.8) is 0 Å². The van der Waals surface area contributed by atoms with Crippen LogP contribution in [0.5, 0.6) is 0 Å². The molecular formula is C33H46O7Si. The molecule has 0 radical (unpaired) electrons. The van der Waals surface area contributed by atoms with Gasteiger partial charge in [-0.15, -0.1) is 0 Å². The zero-order chi connectivity index (χ0) is 30.5. The van der Waals surface area contributed by atoms with Crippen molar-refractivity contribution < 1.29 is 33.0 Å². The first-order chi connectivity index (χ1) is 19.3. The van der Waals surface area contributed by atoms with Crippen molar-refractivity contribution in [2.75, 3.05) is 7.11 Å². The highest BCUT2D eigenvalue weighted by Crippen LogP contribution is 2.37. The minimum absolute atomic E-state index is 0.0236. The molecule has 0 spiro atoms. The fourth-order valence-electron chi connectivity index (χ4n) is 3.64. The number of benzene rings is 2. The fraction of sp³-hybridized carbons (Fsp3) is 0.455. The Kier molecular flexibility index (Phi) is 13.7. The molecule has 0 unspecified atom stereocenters. The van der Waals surface area contributed by atoms with Crippen molar-refractivity contribution >= 4 is 20.3 Å². The van der Waals surface area contributed by atoms with Crippen LogP contribution in [-0.4, -0.2) is 51.8 Å². The van der Waals surface area contributed by atoms with E-state index in [2.05, 4.69) is 33.9 Å². The smallest absolute Gasteiger partial charge is 0.330 e. The predicted molar refractivity (Wildman–Crippen MR) is 164 cm³/mol. The Morgan fingerprint density at radius 2 is 1.20 bits per heavy atom. The Labute approximate surface area is 246 Å². The van der Waals surface area contributed by atoms with E-state index in [1.54, 1.807) is 13.0 Å². The lowest BCUT2D eigenvalue weighted by Crippen LogP contribution is -2.46. The summed E-state index contributed by atoms with van der Waals surface area (Å²) in [5.74, 6) is -1.07. The molecule has 2 rings (SSSR count). The van der Waals surface area contributed by atoms with Crippen molar-refractivity contribution in [1.29, 1.82) is 0 Å². The molecule has 2 aromatic rings. The molecule has 0 amide bonds. The lowest BCUT2D eigenvalue weighted by molar-refractivity contribution is -0.148. The van der Waals surface area contributed by atoms with Crippen LogP contribution in [0.4, 0.5) is 0 Å². The van der Waals surface area contributed by atoms with E-state index in [0.717, 1.165) is 11.1 Å². The average Bonchev–Trinajstić information content (AvgIpc) is 2.92. The third kappa shape index (κ3) is 12.2. The van der Waals surface area contributed by atoms with Gasteiger partial charge in [0, 0.05) is 12.2 Å². The van der Waals surface area contributed by atoms with Gasteiger partial charge in [-0.1, -0.05) is 81.4 Å². The maximum absolute atomic E-state index is 12.9.